The molecule has 1 aromatic rings. The molecule has 1 unspecified atom stereocenters. The summed E-state index contributed by atoms with van der Waals surface area (Å²) in [6.07, 6.45) is 0. The Hall–Kier alpha value is -1.21. The number of carbonyl (C=O) groups is 1. The second kappa shape index (κ2) is 6.65. The van der Waals surface area contributed by atoms with Crippen molar-refractivity contribution in [1.29, 1.82) is 0 Å². The summed E-state index contributed by atoms with van der Waals surface area (Å²) in [4.78, 5) is 12.8. The highest BCUT2D eigenvalue weighted by atomic mass is 32.1. The molecule has 0 spiro atoms. The molecule has 1 amide bonds. The van der Waals surface area contributed by atoms with E-state index in [0.29, 0.717) is 6.54 Å². The molecule has 0 bridgehead atoms. The third-order valence-electron chi connectivity index (χ3n) is 2.31. The monoisotopic (exact) mass is 278 g/mol. The number of ether oxygens (including phenoxy) is 1. The first kappa shape index (κ1) is 14.8. The summed E-state index contributed by atoms with van der Waals surface area (Å²) < 4.78 is 28.7. The summed E-state index contributed by atoms with van der Waals surface area (Å²) in [5, 5.41) is 5.62. The molecule has 0 aromatic carbocycles. The van der Waals surface area contributed by atoms with Gasteiger partial charge >= 0.3 is 6.61 Å². The SMILES string of the molecule is CNC(C)CNC(=O)c1sc(C)cc1OC(F)F. The Kier molecular flexibility index (Phi) is 5.49. The van der Waals surface area contributed by atoms with Crippen molar-refractivity contribution in [3.05, 3.63) is 15.8 Å². The van der Waals surface area contributed by atoms with E-state index in [-0.39, 0.29) is 16.7 Å². The zero-order chi connectivity index (χ0) is 13.7. The predicted molar refractivity (Wildman–Crippen MR) is 66.5 cm³/mol. The van der Waals surface area contributed by atoms with Crippen LogP contribution in [0.5, 0.6) is 5.75 Å². The van der Waals surface area contributed by atoms with Gasteiger partial charge in [-0.1, -0.05) is 0 Å². The van der Waals surface area contributed by atoms with Crippen molar-refractivity contribution >= 4 is 17.2 Å². The quantitative estimate of drug-likeness (QED) is 0.836. The van der Waals surface area contributed by atoms with Crippen LogP contribution < -0.4 is 15.4 Å². The number of aryl methyl sites for hydroxylation is 1. The molecule has 0 fully saturated rings. The maximum Gasteiger partial charge on any atom is 0.387 e. The number of amides is 1. The summed E-state index contributed by atoms with van der Waals surface area (Å²) in [5.41, 5.74) is 0. The zero-order valence-corrected chi connectivity index (χ0v) is 11.2. The van der Waals surface area contributed by atoms with Gasteiger partial charge in [-0.15, -0.1) is 11.3 Å². The zero-order valence-electron chi connectivity index (χ0n) is 10.4. The first-order chi connectivity index (χ1) is 8.43. The lowest BCUT2D eigenvalue weighted by Gasteiger charge is -2.11. The molecule has 18 heavy (non-hydrogen) atoms. The number of carbonyl (C=O) groups excluding carboxylic acids is 1. The van der Waals surface area contributed by atoms with Gasteiger partial charge in [0.25, 0.3) is 5.91 Å². The van der Waals surface area contributed by atoms with E-state index in [0.717, 1.165) is 16.2 Å². The number of hydrogen-bond donors (Lipinski definition) is 2. The Morgan fingerprint density at radius 1 is 1.56 bits per heavy atom. The molecule has 0 saturated heterocycles. The van der Waals surface area contributed by atoms with Crippen molar-refractivity contribution in [2.24, 2.45) is 0 Å². The van der Waals surface area contributed by atoms with E-state index < -0.39 is 12.5 Å². The first-order valence-corrected chi connectivity index (χ1v) is 6.26. The number of likely N-dealkylation sites (N-methyl/N-ethyl adjacent to an activating group) is 1. The minimum atomic E-state index is -2.93. The standard InChI is InChI=1S/C11H16F2N2O2S/c1-6(14-3)5-15-10(16)9-8(17-11(12)13)4-7(2)18-9/h4,6,11,14H,5H2,1-3H3,(H,15,16). The normalized spacial score (nSPS) is 12.6. The summed E-state index contributed by atoms with van der Waals surface area (Å²) in [7, 11) is 1.78. The highest BCUT2D eigenvalue weighted by molar-refractivity contribution is 7.14. The molecule has 1 atom stereocenters. The lowest BCUT2D eigenvalue weighted by Crippen LogP contribution is -2.37. The van der Waals surface area contributed by atoms with Crippen LogP contribution in [0.25, 0.3) is 0 Å². The Morgan fingerprint density at radius 2 is 2.22 bits per heavy atom. The molecule has 1 heterocycles. The number of alkyl halides is 2. The molecule has 0 aliphatic carbocycles. The third kappa shape index (κ3) is 4.23. The van der Waals surface area contributed by atoms with Crippen LogP contribution in [0.2, 0.25) is 0 Å². The molecule has 0 aliphatic heterocycles. The van der Waals surface area contributed by atoms with Gasteiger partial charge in [-0.2, -0.15) is 8.78 Å². The summed E-state index contributed by atoms with van der Waals surface area (Å²) in [6, 6.07) is 1.54. The van der Waals surface area contributed by atoms with E-state index in [1.165, 1.54) is 6.07 Å². The lowest BCUT2D eigenvalue weighted by molar-refractivity contribution is -0.0498. The maximum absolute atomic E-state index is 12.2. The third-order valence-corrected chi connectivity index (χ3v) is 3.34. The fourth-order valence-electron chi connectivity index (χ4n) is 1.26. The van der Waals surface area contributed by atoms with E-state index in [1.54, 1.807) is 14.0 Å². The summed E-state index contributed by atoms with van der Waals surface area (Å²) in [5.74, 6) is -0.465. The number of rotatable bonds is 6. The minimum Gasteiger partial charge on any atom is -0.433 e. The van der Waals surface area contributed by atoms with Crippen LogP contribution in [0.1, 0.15) is 21.5 Å². The van der Waals surface area contributed by atoms with Crippen LogP contribution in [0.3, 0.4) is 0 Å². The fourth-order valence-corrected chi connectivity index (χ4v) is 2.12. The Bertz CT molecular complexity index is 410. The van der Waals surface area contributed by atoms with Crippen LogP contribution >= 0.6 is 11.3 Å². The number of thiophene rings is 1. The average Bonchev–Trinajstić information content (AvgIpc) is 2.65. The molecular weight excluding hydrogens is 262 g/mol. The Labute approximate surface area is 108 Å². The summed E-state index contributed by atoms with van der Waals surface area (Å²) in [6.45, 7) is 1.12. The number of hydrogen-bond acceptors (Lipinski definition) is 4. The van der Waals surface area contributed by atoms with Gasteiger partial charge in [0.1, 0.15) is 10.6 Å². The highest BCUT2D eigenvalue weighted by Crippen LogP contribution is 2.30. The summed E-state index contributed by atoms with van der Waals surface area (Å²) >= 11 is 1.13. The number of halogens is 2. The maximum atomic E-state index is 12.2. The molecule has 0 saturated carbocycles. The molecule has 7 heteroatoms. The largest absolute Gasteiger partial charge is 0.433 e. The van der Waals surface area contributed by atoms with Crippen LogP contribution in [0.15, 0.2) is 6.07 Å². The van der Waals surface area contributed by atoms with Crippen molar-refractivity contribution in [3.8, 4) is 5.75 Å². The van der Waals surface area contributed by atoms with Crippen LogP contribution in [0, 0.1) is 6.92 Å². The van der Waals surface area contributed by atoms with Gasteiger partial charge in [0.2, 0.25) is 0 Å². The molecule has 1 aromatic heterocycles. The predicted octanol–water partition coefficient (Wildman–Crippen LogP) is 2.00. The van der Waals surface area contributed by atoms with Gasteiger partial charge in [-0.05, 0) is 27.0 Å². The van der Waals surface area contributed by atoms with Gasteiger partial charge < -0.3 is 15.4 Å². The minimum absolute atomic E-state index is 0.0675. The van der Waals surface area contributed by atoms with Crippen molar-refractivity contribution in [3.63, 3.8) is 0 Å². The smallest absolute Gasteiger partial charge is 0.387 e. The van der Waals surface area contributed by atoms with Crippen molar-refractivity contribution in [1.82, 2.24) is 10.6 Å². The molecule has 0 radical (unpaired) electrons. The first-order valence-electron chi connectivity index (χ1n) is 5.44. The topological polar surface area (TPSA) is 50.4 Å². The fraction of sp³-hybridized carbons (Fsp3) is 0.545. The van der Waals surface area contributed by atoms with E-state index >= 15 is 0 Å². The van der Waals surface area contributed by atoms with Crippen LogP contribution in [-0.4, -0.2) is 32.2 Å². The molecule has 102 valence electrons. The van der Waals surface area contributed by atoms with Gasteiger partial charge in [-0.3, -0.25) is 4.79 Å². The van der Waals surface area contributed by atoms with Crippen molar-refractivity contribution in [2.45, 2.75) is 26.5 Å². The second-order valence-electron chi connectivity index (χ2n) is 3.83. The van der Waals surface area contributed by atoms with Gasteiger partial charge in [0.15, 0.2) is 0 Å². The molecule has 1 rings (SSSR count). The lowest BCUT2D eigenvalue weighted by atomic mass is 10.3. The number of nitrogens with one attached hydrogen (secondary N) is 2. The van der Waals surface area contributed by atoms with Crippen molar-refractivity contribution in [2.75, 3.05) is 13.6 Å². The Morgan fingerprint density at radius 3 is 2.78 bits per heavy atom. The van der Waals surface area contributed by atoms with Crippen molar-refractivity contribution < 1.29 is 18.3 Å². The molecule has 2 N–H and O–H groups in total. The molecular formula is C11H16F2N2O2S. The van der Waals surface area contributed by atoms with Crippen LogP contribution in [-0.2, 0) is 0 Å². The average molecular weight is 278 g/mol. The van der Waals surface area contributed by atoms with E-state index in [1.807, 2.05) is 6.92 Å². The van der Waals surface area contributed by atoms with Gasteiger partial charge in [0.05, 0.1) is 0 Å². The molecule has 0 aliphatic rings. The van der Waals surface area contributed by atoms with E-state index in [4.69, 9.17) is 0 Å². The van der Waals surface area contributed by atoms with E-state index in [2.05, 4.69) is 15.4 Å². The highest BCUT2D eigenvalue weighted by Gasteiger charge is 2.19. The molecule has 4 nitrogen and oxygen atoms in total. The van der Waals surface area contributed by atoms with Gasteiger partial charge in [0, 0.05) is 17.5 Å². The van der Waals surface area contributed by atoms with Crippen LogP contribution in [0.4, 0.5) is 8.78 Å². The second-order valence-corrected chi connectivity index (χ2v) is 5.08. The van der Waals surface area contributed by atoms with Gasteiger partial charge in [-0.25, -0.2) is 0 Å². The van der Waals surface area contributed by atoms with E-state index in [9.17, 15) is 13.6 Å². The Balaban J connectivity index is 2.72.